The lowest BCUT2D eigenvalue weighted by Crippen LogP contribution is -2.53. The summed E-state index contributed by atoms with van der Waals surface area (Å²) < 4.78 is 0. The first-order valence-electron chi connectivity index (χ1n) is 9.04. The van der Waals surface area contributed by atoms with Crippen LogP contribution in [-0.2, 0) is 6.54 Å². The molecule has 1 aromatic carbocycles. The molecule has 23 heavy (non-hydrogen) atoms. The Morgan fingerprint density at radius 1 is 1.09 bits per heavy atom. The van der Waals surface area contributed by atoms with Crippen molar-refractivity contribution in [2.45, 2.75) is 51.6 Å². The fraction of sp³-hybridized carbons (Fsp3) is 0.632. The van der Waals surface area contributed by atoms with E-state index in [4.69, 9.17) is 12.2 Å². The average molecular weight is 332 g/mol. The molecule has 1 heterocycles. The van der Waals surface area contributed by atoms with Gasteiger partial charge in [-0.15, -0.1) is 0 Å². The van der Waals surface area contributed by atoms with E-state index < -0.39 is 0 Å². The predicted octanol–water partition coefficient (Wildman–Crippen LogP) is 3.32. The molecule has 126 valence electrons. The fourth-order valence-corrected chi connectivity index (χ4v) is 4.00. The first-order valence-corrected chi connectivity index (χ1v) is 9.45. The van der Waals surface area contributed by atoms with Crippen LogP contribution in [0.25, 0.3) is 0 Å². The predicted molar refractivity (Wildman–Crippen MR) is 101 cm³/mol. The number of rotatable bonds is 3. The topological polar surface area (TPSA) is 18.5 Å². The van der Waals surface area contributed by atoms with Crippen LogP contribution in [0.3, 0.4) is 0 Å². The Morgan fingerprint density at radius 2 is 1.78 bits per heavy atom. The van der Waals surface area contributed by atoms with Crippen LogP contribution in [0.15, 0.2) is 24.3 Å². The molecule has 0 spiro atoms. The van der Waals surface area contributed by atoms with Crippen LogP contribution in [0.4, 0.5) is 0 Å². The van der Waals surface area contributed by atoms with E-state index in [9.17, 15) is 0 Å². The maximum Gasteiger partial charge on any atom is 0.169 e. The molecule has 0 bridgehead atoms. The Labute approximate surface area is 146 Å². The molecular weight excluding hydrogens is 302 g/mol. The monoisotopic (exact) mass is 331 g/mol. The summed E-state index contributed by atoms with van der Waals surface area (Å²) in [6.45, 7) is 7.55. The van der Waals surface area contributed by atoms with Gasteiger partial charge in [0.05, 0.1) is 0 Å². The van der Waals surface area contributed by atoms with Gasteiger partial charge in [0.25, 0.3) is 0 Å². The van der Waals surface area contributed by atoms with Crippen LogP contribution >= 0.6 is 12.2 Å². The molecule has 1 saturated heterocycles. The summed E-state index contributed by atoms with van der Waals surface area (Å²) in [4.78, 5) is 4.90. The van der Waals surface area contributed by atoms with Gasteiger partial charge in [0, 0.05) is 38.8 Å². The van der Waals surface area contributed by atoms with E-state index in [1.807, 2.05) is 0 Å². The van der Waals surface area contributed by atoms with Crippen LogP contribution in [-0.4, -0.2) is 47.1 Å². The maximum atomic E-state index is 5.64. The summed E-state index contributed by atoms with van der Waals surface area (Å²) in [5.41, 5.74) is 2.84. The van der Waals surface area contributed by atoms with Gasteiger partial charge in [-0.1, -0.05) is 43.5 Å². The molecule has 0 atom stereocenters. The standard InChI is InChI=1S/C19H29N3S/c1-16-7-5-6-8-17(16)15-21-11-13-22(14-12-21)19(23)20-18-9-3-2-4-10-18/h5-8,18H,2-4,9-15H2,1H3,(H,20,23). The first kappa shape index (κ1) is 16.7. The number of hydrogen-bond acceptors (Lipinski definition) is 2. The zero-order valence-electron chi connectivity index (χ0n) is 14.3. The molecule has 1 aromatic rings. The second-order valence-electron chi connectivity index (χ2n) is 6.97. The van der Waals surface area contributed by atoms with Gasteiger partial charge in [0.15, 0.2) is 5.11 Å². The quantitative estimate of drug-likeness (QED) is 0.856. The number of hydrogen-bond donors (Lipinski definition) is 1. The normalized spacial score (nSPS) is 20.5. The molecule has 2 aliphatic rings. The van der Waals surface area contributed by atoms with Crippen molar-refractivity contribution < 1.29 is 0 Å². The lowest BCUT2D eigenvalue weighted by Gasteiger charge is -2.37. The lowest BCUT2D eigenvalue weighted by atomic mass is 9.96. The van der Waals surface area contributed by atoms with E-state index in [1.54, 1.807) is 0 Å². The van der Waals surface area contributed by atoms with Crippen LogP contribution < -0.4 is 5.32 Å². The van der Waals surface area contributed by atoms with Crippen molar-refractivity contribution in [2.24, 2.45) is 0 Å². The SMILES string of the molecule is Cc1ccccc1CN1CCN(C(=S)NC2CCCCC2)CC1. The van der Waals surface area contributed by atoms with Crippen LogP contribution in [0.1, 0.15) is 43.2 Å². The van der Waals surface area contributed by atoms with Crippen molar-refractivity contribution in [1.29, 1.82) is 0 Å². The highest BCUT2D eigenvalue weighted by atomic mass is 32.1. The second-order valence-corrected chi connectivity index (χ2v) is 7.36. The van der Waals surface area contributed by atoms with E-state index in [-0.39, 0.29) is 0 Å². The number of nitrogens with zero attached hydrogens (tertiary/aromatic N) is 2. The van der Waals surface area contributed by atoms with Crippen molar-refractivity contribution in [2.75, 3.05) is 26.2 Å². The van der Waals surface area contributed by atoms with Gasteiger partial charge in [-0.05, 0) is 43.1 Å². The molecule has 1 aliphatic heterocycles. The third kappa shape index (κ3) is 4.67. The number of thiocarbonyl (C=S) groups is 1. The molecule has 1 N–H and O–H groups in total. The van der Waals surface area contributed by atoms with E-state index in [2.05, 4.69) is 46.3 Å². The Kier molecular flexibility index (Phi) is 5.90. The van der Waals surface area contributed by atoms with E-state index >= 15 is 0 Å². The molecular formula is C19H29N3S. The Bertz CT molecular complexity index is 517. The summed E-state index contributed by atoms with van der Waals surface area (Å²) in [6, 6.07) is 9.32. The van der Waals surface area contributed by atoms with Crippen LogP contribution in [0.5, 0.6) is 0 Å². The van der Waals surface area contributed by atoms with E-state index in [0.717, 1.165) is 37.8 Å². The minimum atomic E-state index is 0.612. The van der Waals surface area contributed by atoms with E-state index in [1.165, 1.54) is 43.2 Å². The Balaban J connectivity index is 1.44. The summed E-state index contributed by atoms with van der Waals surface area (Å²) in [5.74, 6) is 0. The van der Waals surface area contributed by atoms with Crippen LogP contribution in [0.2, 0.25) is 0 Å². The number of nitrogens with one attached hydrogen (secondary N) is 1. The van der Waals surface area contributed by atoms with Gasteiger partial charge in [0.1, 0.15) is 0 Å². The fourth-order valence-electron chi connectivity index (χ4n) is 3.65. The third-order valence-electron chi connectivity index (χ3n) is 5.25. The summed E-state index contributed by atoms with van der Waals surface area (Å²) in [7, 11) is 0. The molecule has 4 heteroatoms. The molecule has 0 unspecified atom stereocenters. The van der Waals surface area contributed by atoms with Crippen LogP contribution in [0, 0.1) is 6.92 Å². The van der Waals surface area contributed by atoms with Gasteiger partial charge in [0.2, 0.25) is 0 Å². The molecule has 0 radical (unpaired) electrons. The molecule has 3 rings (SSSR count). The van der Waals surface area contributed by atoms with Gasteiger partial charge in [-0.2, -0.15) is 0 Å². The maximum absolute atomic E-state index is 5.64. The highest BCUT2D eigenvalue weighted by Crippen LogP contribution is 2.18. The van der Waals surface area contributed by atoms with Crippen molar-refractivity contribution in [3.05, 3.63) is 35.4 Å². The highest BCUT2D eigenvalue weighted by Gasteiger charge is 2.21. The van der Waals surface area contributed by atoms with Crippen molar-refractivity contribution in [3.63, 3.8) is 0 Å². The zero-order valence-corrected chi connectivity index (χ0v) is 15.1. The van der Waals surface area contributed by atoms with Crippen molar-refractivity contribution >= 4 is 17.3 Å². The molecule has 1 aliphatic carbocycles. The van der Waals surface area contributed by atoms with Gasteiger partial charge < -0.3 is 10.2 Å². The van der Waals surface area contributed by atoms with Gasteiger partial charge in [-0.3, -0.25) is 4.90 Å². The molecule has 0 amide bonds. The number of aryl methyl sites for hydroxylation is 1. The largest absolute Gasteiger partial charge is 0.360 e. The molecule has 0 aromatic heterocycles. The zero-order chi connectivity index (χ0) is 16.1. The number of benzene rings is 1. The minimum absolute atomic E-state index is 0.612. The molecule has 2 fully saturated rings. The summed E-state index contributed by atoms with van der Waals surface area (Å²) in [6.07, 6.45) is 6.66. The molecule has 1 saturated carbocycles. The van der Waals surface area contributed by atoms with E-state index in [0.29, 0.717) is 6.04 Å². The Morgan fingerprint density at radius 3 is 2.48 bits per heavy atom. The van der Waals surface area contributed by atoms with Crippen molar-refractivity contribution in [3.8, 4) is 0 Å². The highest BCUT2D eigenvalue weighted by molar-refractivity contribution is 7.80. The third-order valence-corrected chi connectivity index (χ3v) is 5.62. The second kappa shape index (κ2) is 8.11. The molecule has 3 nitrogen and oxygen atoms in total. The average Bonchev–Trinajstić information content (AvgIpc) is 2.58. The summed E-state index contributed by atoms with van der Waals surface area (Å²) in [5, 5.41) is 4.58. The number of piperazine rings is 1. The first-order chi connectivity index (χ1) is 11.2. The van der Waals surface area contributed by atoms with Gasteiger partial charge in [-0.25, -0.2) is 0 Å². The minimum Gasteiger partial charge on any atom is -0.360 e. The smallest absolute Gasteiger partial charge is 0.169 e. The lowest BCUT2D eigenvalue weighted by molar-refractivity contribution is 0.173. The Hall–Kier alpha value is -1.13. The summed E-state index contributed by atoms with van der Waals surface area (Å²) >= 11 is 5.64. The van der Waals surface area contributed by atoms with Gasteiger partial charge >= 0.3 is 0 Å². The van der Waals surface area contributed by atoms with Crippen molar-refractivity contribution in [1.82, 2.24) is 15.1 Å².